The van der Waals surface area contributed by atoms with Gasteiger partial charge >= 0.3 is 0 Å². The highest BCUT2D eigenvalue weighted by molar-refractivity contribution is 7.91. The van der Waals surface area contributed by atoms with Crippen molar-refractivity contribution in [1.29, 1.82) is 0 Å². The van der Waals surface area contributed by atoms with Gasteiger partial charge in [-0.3, -0.25) is 14.5 Å². The van der Waals surface area contributed by atoms with E-state index in [-0.39, 0.29) is 5.82 Å². The fourth-order valence-corrected chi connectivity index (χ4v) is 5.63. The van der Waals surface area contributed by atoms with Gasteiger partial charge in [0.1, 0.15) is 29.0 Å². The van der Waals surface area contributed by atoms with E-state index in [2.05, 4.69) is 25.1 Å². The lowest BCUT2D eigenvalue weighted by Gasteiger charge is -2.22. The molecule has 0 saturated heterocycles. The van der Waals surface area contributed by atoms with Crippen LogP contribution in [0.15, 0.2) is 49.1 Å². The van der Waals surface area contributed by atoms with Gasteiger partial charge in [0.15, 0.2) is 21.5 Å². The number of aromatic nitrogens is 6. The lowest BCUT2D eigenvalue weighted by molar-refractivity contribution is 0.0982. The van der Waals surface area contributed by atoms with Crippen molar-refractivity contribution >= 4 is 9.84 Å². The molecule has 206 valence electrons. The highest BCUT2D eigenvalue weighted by atomic mass is 32.2. The molecule has 39 heavy (non-hydrogen) atoms. The second-order valence-corrected chi connectivity index (χ2v) is 11.0. The Bertz CT molecular complexity index is 1520. The molecule has 13 heteroatoms. The van der Waals surface area contributed by atoms with Crippen LogP contribution in [0.25, 0.3) is 17.1 Å². The van der Waals surface area contributed by atoms with Crippen LogP contribution in [0.5, 0.6) is 17.4 Å². The number of pyridine rings is 1. The number of hydrogen-bond acceptors (Lipinski definition) is 11. The molecular weight excluding hydrogens is 524 g/mol. The number of methoxy groups -OCH3 is 4. The Labute approximate surface area is 226 Å². The molecule has 0 bridgehead atoms. The summed E-state index contributed by atoms with van der Waals surface area (Å²) in [5.41, 5.74) is 2.37. The summed E-state index contributed by atoms with van der Waals surface area (Å²) in [6.07, 6.45) is 5.32. The van der Waals surface area contributed by atoms with Crippen molar-refractivity contribution in [1.82, 2.24) is 29.7 Å². The number of ether oxygens (including phenoxy) is 4. The molecule has 0 fully saturated rings. The van der Waals surface area contributed by atoms with E-state index in [1.165, 1.54) is 40.8 Å². The molecule has 0 spiro atoms. The van der Waals surface area contributed by atoms with E-state index >= 15 is 0 Å². The first-order chi connectivity index (χ1) is 18.7. The summed E-state index contributed by atoms with van der Waals surface area (Å²) < 4.78 is 51.1. The fraction of sp³-hybridized carbons (Fsp3) is 0.346. The third kappa shape index (κ3) is 5.68. The summed E-state index contributed by atoms with van der Waals surface area (Å²) >= 11 is 0. The van der Waals surface area contributed by atoms with Gasteiger partial charge in [-0.25, -0.2) is 13.4 Å². The predicted molar refractivity (Wildman–Crippen MR) is 143 cm³/mol. The Morgan fingerprint density at radius 3 is 2.21 bits per heavy atom. The van der Waals surface area contributed by atoms with E-state index in [1.807, 2.05) is 13.0 Å². The Kier molecular flexibility index (Phi) is 8.41. The maximum atomic E-state index is 13.8. The van der Waals surface area contributed by atoms with E-state index in [0.717, 1.165) is 5.56 Å². The molecule has 1 aromatic carbocycles. The molecule has 4 rings (SSSR count). The highest BCUT2D eigenvalue weighted by Crippen LogP contribution is 2.37. The number of aryl methyl sites for hydroxylation is 1. The van der Waals surface area contributed by atoms with Gasteiger partial charge in [-0.15, -0.1) is 10.2 Å². The zero-order valence-corrected chi connectivity index (χ0v) is 23.3. The highest BCUT2D eigenvalue weighted by Gasteiger charge is 2.35. The Morgan fingerprint density at radius 2 is 1.64 bits per heavy atom. The van der Waals surface area contributed by atoms with Crippen LogP contribution in [0, 0.1) is 6.92 Å². The molecule has 0 N–H and O–H groups in total. The predicted octanol–water partition coefficient (Wildman–Crippen LogP) is 3.14. The molecule has 0 radical (unpaired) electrons. The van der Waals surface area contributed by atoms with E-state index in [9.17, 15) is 8.42 Å². The number of para-hydroxylation sites is 1. The molecule has 0 aliphatic carbocycles. The van der Waals surface area contributed by atoms with E-state index < -0.39 is 26.9 Å². The van der Waals surface area contributed by atoms with Gasteiger partial charge in [0.05, 0.1) is 44.7 Å². The first-order valence-corrected chi connectivity index (χ1v) is 13.6. The van der Waals surface area contributed by atoms with Gasteiger partial charge in [-0.1, -0.05) is 6.07 Å². The van der Waals surface area contributed by atoms with Crippen molar-refractivity contribution in [3.05, 3.63) is 66.1 Å². The number of hydrogen-bond donors (Lipinski definition) is 0. The number of rotatable bonds is 11. The molecule has 0 aliphatic rings. The molecule has 3 aromatic heterocycles. The SMILES string of the molecule is COc1cnc([C@H](OC)[C@@H](C)S(=O)(=O)Cc2nnc(-c3cncc(C)c3)n2-c2c(OC)cccc2OC)cn1. The van der Waals surface area contributed by atoms with Crippen LogP contribution in [0.2, 0.25) is 0 Å². The van der Waals surface area contributed by atoms with Crippen molar-refractivity contribution in [3.8, 4) is 34.5 Å². The Balaban J connectivity index is 1.82. The smallest absolute Gasteiger partial charge is 0.231 e. The molecular formula is C26H30N6O6S. The quantitative estimate of drug-likeness (QED) is 0.270. The minimum Gasteiger partial charge on any atom is -0.494 e. The van der Waals surface area contributed by atoms with Crippen LogP contribution in [0.3, 0.4) is 0 Å². The molecule has 0 saturated carbocycles. The average molecular weight is 555 g/mol. The van der Waals surface area contributed by atoms with Crippen LogP contribution < -0.4 is 14.2 Å². The summed E-state index contributed by atoms with van der Waals surface area (Å²) in [7, 11) is 2.06. The van der Waals surface area contributed by atoms with Crippen LogP contribution >= 0.6 is 0 Å². The van der Waals surface area contributed by atoms with Crippen molar-refractivity contribution in [2.45, 2.75) is 31.0 Å². The molecule has 0 aliphatic heterocycles. The first-order valence-electron chi connectivity index (χ1n) is 11.9. The largest absolute Gasteiger partial charge is 0.494 e. The average Bonchev–Trinajstić information content (AvgIpc) is 3.35. The molecule has 0 unspecified atom stereocenters. The Morgan fingerprint density at radius 1 is 0.923 bits per heavy atom. The van der Waals surface area contributed by atoms with Crippen molar-refractivity contribution < 1.29 is 27.4 Å². The van der Waals surface area contributed by atoms with Crippen LogP contribution in [0.4, 0.5) is 0 Å². The van der Waals surface area contributed by atoms with E-state index in [1.54, 1.807) is 42.1 Å². The summed E-state index contributed by atoms with van der Waals surface area (Å²) in [5, 5.41) is 7.68. The fourth-order valence-electron chi connectivity index (χ4n) is 4.19. The maximum Gasteiger partial charge on any atom is 0.231 e. The Hall–Kier alpha value is -4.10. The number of benzene rings is 1. The summed E-state index contributed by atoms with van der Waals surface area (Å²) in [6, 6.07) is 7.16. The summed E-state index contributed by atoms with van der Waals surface area (Å²) in [6.45, 7) is 3.46. The second-order valence-electron chi connectivity index (χ2n) is 8.69. The molecule has 0 amide bonds. The number of nitrogens with zero attached hydrogens (tertiary/aromatic N) is 6. The van der Waals surface area contributed by atoms with Crippen molar-refractivity contribution in [2.24, 2.45) is 0 Å². The third-order valence-electron chi connectivity index (χ3n) is 6.21. The minimum absolute atomic E-state index is 0.164. The van der Waals surface area contributed by atoms with Crippen molar-refractivity contribution in [2.75, 3.05) is 28.4 Å². The first kappa shape index (κ1) is 27.9. The molecule has 4 aromatic rings. The van der Waals surface area contributed by atoms with Crippen molar-refractivity contribution in [3.63, 3.8) is 0 Å². The zero-order valence-electron chi connectivity index (χ0n) is 22.5. The van der Waals surface area contributed by atoms with Gasteiger partial charge in [-0.2, -0.15) is 0 Å². The van der Waals surface area contributed by atoms with Gasteiger partial charge in [-0.05, 0) is 37.6 Å². The van der Waals surface area contributed by atoms with Gasteiger partial charge < -0.3 is 18.9 Å². The van der Waals surface area contributed by atoms with Gasteiger partial charge in [0, 0.05) is 25.1 Å². The summed E-state index contributed by atoms with van der Waals surface area (Å²) in [5.74, 6) is 1.30. The van der Waals surface area contributed by atoms with E-state index in [0.29, 0.717) is 40.1 Å². The normalized spacial score (nSPS) is 13.1. The minimum atomic E-state index is -3.88. The monoisotopic (exact) mass is 554 g/mol. The topological polar surface area (TPSA) is 140 Å². The standard InChI is InChI=1S/C26H30N6O6S/c1-16-10-18(12-27-11-16)26-31-30-22(32(26)24-20(35-3)8-7-9-21(24)36-4)15-39(33,34)17(2)25(38-6)19-13-29-23(37-5)14-28-19/h7-14,17,25H,15H2,1-6H3/t17-,25-/m1/s1. The molecule has 3 heterocycles. The van der Waals surface area contributed by atoms with E-state index in [4.69, 9.17) is 18.9 Å². The zero-order chi connectivity index (χ0) is 28.2. The molecule has 2 atom stereocenters. The van der Waals surface area contributed by atoms with Crippen LogP contribution in [-0.2, 0) is 20.3 Å². The lowest BCUT2D eigenvalue weighted by atomic mass is 10.2. The third-order valence-corrected chi connectivity index (χ3v) is 8.26. The lowest BCUT2D eigenvalue weighted by Crippen LogP contribution is -2.29. The second kappa shape index (κ2) is 11.7. The van der Waals surface area contributed by atoms with Crippen LogP contribution in [-0.4, -0.2) is 71.8 Å². The van der Waals surface area contributed by atoms with Crippen LogP contribution in [0.1, 0.15) is 30.1 Å². The van der Waals surface area contributed by atoms with Gasteiger partial charge in [0.2, 0.25) is 5.88 Å². The van der Waals surface area contributed by atoms with Gasteiger partial charge in [0.25, 0.3) is 0 Å². The summed E-state index contributed by atoms with van der Waals surface area (Å²) in [4.78, 5) is 12.7. The molecule has 12 nitrogen and oxygen atoms in total. The number of sulfone groups is 1. The maximum absolute atomic E-state index is 13.8.